The van der Waals surface area contributed by atoms with E-state index >= 15 is 0 Å². The molecule has 0 bridgehead atoms. The van der Waals surface area contributed by atoms with Crippen LogP contribution in [0, 0.1) is 6.92 Å². The van der Waals surface area contributed by atoms with E-state index in [-0.39, 0.29) is 18.4 Å². The second-order valence-electron chi connectivity index (χ2n) is 5.74. The summed E-state index contributed by atoms with van der Waals surface area (Å²) in [5.74, 6) is 0.0373. The lowest BCUT2D eigenvalue weighted by molar-refractivity contribution is -0.124. The van der Waals surface area contributed by atoms with Gasteiger partial charge in [-0.15, -0.1) is 0 Å². The van der Waals surface area contributed by atoms with Crippen molar-refractivity contribution >= 4 is 23.3 Å². The summed E-state index contributed by atoms with van der Waals surface area (Å²) in [5.41, 5.74) is 2.93. The Morgan fingerprint density at radius 1 is 1.04 bits per heavy atom. The molecule has 0 unspecified atom stereocenters. The third-order valence-corrected chi connectivity index (χ3v) is 3.77. The van der Waals surface area contributed by atoms with Crippen LogP contribution in [-0.2, 0) is 16.0 Å². The van der Waals surface area contributed by atoms with Crippen LogP contribution in [0.1, 0.15) is 17.5 Å². The molecule has 2 aromatic heterocycles. The van der Waals surface area contributed by atoms with Gasteiger partial charge < -0.3 is 10.6 Å². The molecule has 0 aliphatic carbocycles. The number of nitrogens with zero attached hydrogens (tertiary/aromatic N) is 3. The molecule has 0 fully saturated rings. The minimum atomic E-state index is -0.313. The van der Waals surface area contributed by atoms with E-state index in [1.807, 2.05) is 31.2 Å². The normalized spacial score (nSPS) is 10.6. The Balaban J connectivity index is 1.46. The Labute approximate surface area is 145 Å². The summed E-state index contributed by atoms with van der Waals surface area (Å²) in [6.45, 7) is 1.94. The number of benzene rings is 1. The Bertz CT molecular complexity index is 886. The van der Waals surface area contributed by atoms with Gasteiger partial charge in [0.15, 0.2) is 5.65 Å². The van der Waals surface area contributed by atoms with E-state index in [2.05, 4.69) is 20.7 Å². The topological polar surface area (TPSA) is 88.4 Å². The quantitative estimate of drug-likeness (QED) is 0.717. The van der Waals surface area contributed by atoms with Gasteiger partial charge in [0.05, 0.1) is 12.7 Å². The first kappa shape index (κ1) is 16.6. The van der Waals surface area contributed by atoms with Crippen molar-refractivity contribution < 1.29 is 9.59 Å². The fourth-order valence-electron chi connectivity index (χ4n) is 2.40. The van der Waals surface area contributed by atoms with E-state index < -0.39 is 0 Å². The minimum Gasteiger partial charge on any atom is -0.347 e. The molecule has 2 heterocycles. The van der Waals surface area contributed by atoms with Gasteiger partial charge >= 0.3 is 0 Å². The Morgan fingerprint density at radius 2 is 1.84 bits per heavy atom. The molecular formula is C18H19N5O2. The summed E-state index contributed by atoms with van der Waals surface area (Å²) < 4.78 is 1.52. The van der Waals surface area contributed by atoms with Gasteiger partial charge in [0.2, 0.25) is 11.8 Å². The van der Waals surface area contributed by atoms with Gasteiger partial charge in [-0.1, -0.05) is 29.8 Å². The van der Waals surface area contributed by atoms with Crippen molar-refractivity contribution in [3.63, 3.8) is 0 Å². The number of rotatable bonds is 6. The average molecular weight is 337 g/mol. The highest BCUT2D eigenvalue weighted by Gasteiger charge is 2.09. The van der Waals surface area contributed by atoms with Crippen LogP contribution in [0.5, 0.6) is 0 Å². The average Bonchev–Trinajstić information content (AvgIpc) is 3.09. The Kier molecular flexibility index (Phi) is 5.03. The van der Waals surface area contributed by atoms with Crippen LogP contribution in [0.4, 0.5) is 5.82 Å². The lowest BCUT2D eigenvalue weighted by atomic mass is 10.1. The second kappa shape index (κ2) is 7.57. The highest BCUT2D eigenvalue weighted by molar-refractivity contribution is 5.94. The lowest BCUT2D eigenvalue weighted by Crippen LogP contribution is -2.33. The van der Waals surface area contributed by atoms with E-state index in [1.165, 1.54) is 10.1 Å². The number of amides is 2. The number of carbonyl (C=O) groups is 2. The van der Waals surface area contributed by atoms with Crippen LogP contribution < -0.4 is 10.6 Å². The van der Waals surface area contributed by atoms with Gasteiger partial charge in [-0.05, 0) is 25.0 Å². The number of aryl methyl sites for hydroxylation is 2. The summed E-state index contributed by atoms with van der Waals surface area (Å²) in [7, 11) is 0. The summed E-state index contributed by atoms with van der Waals surface area (Å²) in [5, 5.41) is 9.43. The first-order chi connectivity index (χ1) is 12.1. The molecule has 0 saturated heterocycles. The van der Waals surface area contributed by atoms with Crippen LogP contribution in [0.3, 0.4) is 0 Å². The van der Waals surface area contributed by atoms with Crippen molar-refractivity contribution in [3.05, 3.63) is 59.9 Å². The zero-order chi connectivity index (χ0) is 17.6. The zero-order valence-electron chi connectivity index (χ0n) is 13.9. The maximum Gasteiger partial charge on any atom is 0.244 e. The first-order valence-corrected chi connectivity index (χ1v) is 8.03. The second-order valence-corrected chi connectivity index (χ2v) is 5.74. The highest BCUT2D eigenvalue weighted by Crippen LogP contribution is 2.08. The first-order valence-electron chi connectivity index (χ1n) is 8.03. The number of anilines is 1. The van der Waals surface area contributed by atoms with Crippen molar-refractivity contribution in [1.29, 1.82) is 0 Å². The van der Waals surface area contributed by atoms with Gasteiger partial charge in [0.25, 0.3) is 0 Å². The highest BCUT2D eigenvalue weighted by atomic mass is 16.2. The van der Waals surface area contributed by atoms with Crippen molar-refractivity contribution in [2.75, 3.05) is 11.9 Å². The molecule has 2 amide bonds. The van der Waals surface area contributed by atoms with Gasteiger partial charge in [-0.25, -0.2) is 4.98 Å². The fraction of sp³-hybridized carbons (Fsp3) is 0.222. The SMILES string of the molecule is Cc1ccc(CCC(=O)NCC(=O)Nc2ccnc3ccnn23)cc1. The van der Waals surface area contributed by atoms with Gasteiger partial charge in [-0.3, -0.25) is 9.59 Å². The molecule has 2 N–H and O–H groups in total. The molecule has 0 aliphatic heterocycles. The van der Waals surface area contributed by atoms with Gasteiger partial charge in [0.1, 0.15) is 5.82 Å². The number of fused-ring (bicyclic) bond motifs is 1. The molecule has 1 aromatic carbocycles. The van der Waals surface area contributed by atoms with Gasteiger partial charge in [0, 0.05) is 18.7 Å². The number of hydrogen-bond donors (Lipinski definition) is 2. The summed E-state index contributed by atoms with van der Waals surface area (Å²) >= 11 is 0. The molecular weight excluding hydrogens is 318 g/mol. The zero-order valence-corrected chi connectivity index (χ0v) is 13.9. The predicted octanol–water partition coefficient (Wildman–Crippen LogP) is 1.73. The molecule has 7 heteroatoms. The molecule has 3 aromatic rings. The van der Waals surface area contributed by atoms with E-state index in [1.54, 1.807) is 24.5 Å². The lowest BCUT2D eigenvalue weighted by Gasteiger charge is -2.08. The maximum atomic E-state index is 12.0. The summed E-state index contributed by atoms with van der Waals surface area (Å²) in [4.78, 5) is 28.0. The van der Waals surface area contributed by atoms with Crippen LogP contribution >= 0.6 is 0 Å². The van der Waals surface area contributed by atoms with E-state index in [0.29, 0.717) is 24.3 Å². The molecule has 0 aliphatic rings. The molecule has 0 atom stereocenters. The summed E-state index contributed by atoms with van der Waals surface area (Å²) in [6.07, 6.45) is 4.18. The Hall–Kier alpha value is -3.22. The minimum absolute atomic E-state index is 0.0855. The smallest absolute Gasteiger partial charge is 0.244 e. The van der Waals surface area contributed by atoms with E-state index in [9.17, 15) is 9.59 Å². The molecule has 0 radical (unpaired) electrons. The van der Waals surface area contributed by atoms with Crippen LogP contribution in [0.2, 0.25) is 0 Å². The molecule has 0 saturated carbocycles. The monoisotopic (exact) mass is 337 g/mol. The molecule has 25 heavy (non-hydrogen) atoms. The van der Waals surface area contributed by atoms with Gasteiger partial charge in [-0.2, -0.15) is 9.61 Å². The van der Waals surface area contributed by atoms with Crippen molar-refractivity contribution in [2.45, 2.75) is 19.8 Å². The molecule has 128 valence electrons. The van der Waals surface area contributed by atoms with Crippen LogP contribution in [0.25, 0.3) is 5.65 Å². The van der Waals surface area contributed by atoms with Crippen molar-refractivity contribution in [2.24, 2.45) is 0 Å². The van der Waals surface area contributed by atoms with Crippen molar-refractivity contribution in [3.8, 4) is 0 Å². The Morgan fingerprint density at radius 3 is 2.64 bits per heavy atom. The molecule has 3 rings (SSSR count). The molecule has 0 spiro atoms. The fourth-order valence-corrected chi connectivity index (χ4v) is 2.40. The number of hydrogen-bond acceptors (Lipinski definition) is 4. The standard InChI is InChI=1S/C18H19N5O2/c1-13-2-4-14(5-3-13)6-7-17(24)20-12-18(25)22-16-8-10-19-15-9-11-21-23(15)16/h2-5,8-11H,6-7,12H2,1H3,(H,20,24)(H,22,25). The number of aromatic nitrogens is 3. The van der Waals surface area contributed by atoms with Crippen LogP contribution in [-0.4, -0.2) is 33.0 Å². The van der Waals surface area contributed by atoms with Crippen LogP contribution in [0.15, 0.2) is 48.8 Å². The molecule has 7 nitrogen and oxygen atoms in total. The number of carbonyl (C=O) groups excluding carboxylic acids is 2. The maximum absolute atomic E-state index is 12.0. The third kappa shape index (κ3) is 4.41. The van der Waals surface area contributed by atoms with Crippen molar-refractivity contribution in [1.82, 2.24) is 19.9 Å². The van der Waals surface area contributed by atoms with E-state index in [0.717, 1.165) is 5.56 Å². The predicted molar refractivity (Wildman–Crippen MR) is 94.1 cm³/mol. The largest absolute Gasteiger partial charge is 0.347 e. The summed E-state index contributed by atoms with van der Waals surface area (Å²) in [6, 6.07) is 11.4. The van der Waals surface area contributed by atoms with E-state index in [4.69, 9.17) is 0 Å². The number of nitrogens with one attached hydrogen (secondary N) is 2. The third-order valence-electron chi connectivity index (χ3n) is 3.77.